The van der Waals surface area contributed by atoms with Crippen molar-refractivity contribution in [3.63, 3.8) is 0 Å². The fraction of sp³-hybridized carbons (Fsp3) is 0.700. The predicted octanol–water partition coefficient (Wildman–Crippen LogP) is 4.98. The van der Waals surface area contributed by atoms with Gasteiger partial charge in [0.2, 0.25) is 0 Å². The summed E-state index contributed by atoms with van der Waals surface area (Å²) >= 11 is 0. The van der Waals surface area contributed by atoms with Crippen LogP contribution in [0.15, 0.2) is 34.7 Å². The summed E-state index contributed by atoms with van der Waals surface area (Å²) in [6, 6.07) is 2.09. The lowest BCUT2D eigenvalue weighted by Gasteiger charge is -2.58. The number of aliphatic hydroxyl groups is 1. The Bertz CT molecular complexity index is 530. The monoisotopic (exact) mass is 302 g/mol. The molecule has 1 heterocycles. The largest absolute Gasteiger partial charge is 0.472 e. The third kappa shape index (κ3) is 2.36. The summed E-state index contributed by atoms with van der Waals surface area (Å²) in [6.07, 6.45) is 13.1. The SMILES string of the molecule is CC1=CCC[C@H]2[C@]1(CO)CC[C@H](C)[C@]2(C)CCc1ccoc1. The molecule has 0 saturated heterocycles. The summed E-state index contributed by atoms with van der Waals surface area (Å²) in [4.78, 5) is 0. The maximum absolute atomic E-state index is 10.3. The Morgan fingerprint density at radius 1 is 1.36 bits per heavy atom. The number of rotatable bonds is 4. The molecule has 2 aliphatic rings. The number of hydrogen-bond acceptors (Lipinski definition) is 2. The van der Waals surface area contributed by atoms with Crippen LogP contribution in [-0.4, -0.2) is 11.7 Å². The van der Waals surface area contributed by atoms with Crippen molar-refractivity contribution in [2.75, 3.05) is 6.61 Å². The lowest BCUT2D eigenvalue weighted by molar-refractivity contribution is -0.0787. The first-order valence-corrected chi connectivity index (χ1v) is 8.82. The Kier molecular flexibility index (Phi) is 4.24. The minimum atomic E-state index is 0.0376. The summed E-state index contributed by atoms with van der Waals surface area (Å²) < 4.78 is 5.23. The summed E-state index contributed by atoms with van der Waals surface area (Å²) in [5.74, 6) is 1.32. The van der Waals surface area contributed by atoms with Crippen molar-refractivity contribution in [1.29, 1.82) is 0 Å². The molecule has 0 unspecified atom stereocenters. The van der Waals surface area contributed by atoms with Crippen molar-refractivity contribution in [3.05, 3.63) is 35.8 Å². The highest BCUT2D eigenvalue weighted by molar-refractivity contribution is 5.22. The van der Waals surface area contributed by atoms with Crippen molar-refractivity contribution in [2.45, 2.75) is 59.3 Å². The van der Waals surface area contributed by atoms with Crippen LogP contribution < -0.4 is 0 Å². The molecule has 22 heavy (non-hydrogen) atoms. The van der Waals surface area contributed by atoms with E-state index in [-0.39, 0.29) is 5.41 Å². The van der Waals surface area contributed by atoms with Crippen molar-refractivity contribution in [1.82, 2.24) is 0 Å². The van der Waals surface area contributed by atoms with E-state index in [0.29, 0.717) is 17.9 Å². The molecule has 0 radical (unpaired) electrons. The van der Waals surface area contributed by atoms with Crippen LogP contribution in [0.5, 0.6) is 0 Å². The molecule has 0 amide bonds. The summed E-state index contributed by atoms with van der Waals surface area (Å²) in [5.41, 5.74) is 3.08. The molecule has 0 bridgehead atoms. The van der Waals surface area contributed by atoms with Gasteiger partial charge in [0.05, 0.1) is 19.1 Å². The van der Waals surface area contributed by atoms with E-state index >= 15 is 0 Å². The smallest absolute Gasteiger partial charge is 0.0934 e. The van der Waals surface area contributed by atoms with Gasteiger partial charge < -0.3 is 9.52 Å². The number of aryl methyl sites for hydroxylation is 1. The molecule has 1 aromatic rings. The van der Waals surface area contributed by atoms with Crippen LogP contribution in [0.1, 0.15) is 58.4 Å². The molecule has 0 aliphatic heterocycles. The number of aliphatic hydroxyl groups excluding tert-OH is 1. The van der Waals surface area contributed by atoms with Gasteiger partial charge in [0.15, 0.2) is 0 Å². The molecule has 4 atom stereocenters. The van der Waals surface area contributed by atoms with Crippen LogP contribution >= 0.6 is 0 Å². The lowest BCUT2D eigenvalue weighted by Crippen LogP contribution is -2.52. The molecular formula is C20H30O2. The Labute approximate surface area is 134 Å². The normalized spacial score (nSPS) is 38.5. The van der Waals surface area contributed by atoms with Gasteiger partial charge >= 0.3 is 0 Å². The predicted molar refractivity (Wildman–Crippen MR) is 89.5 cm³/mol. The molecule has 1 fully saturated rings. The van der Waals surface area contributed by atoms with E-state index in [0.717, 1.165) is 18.8 Å². The fourth-order valence-corrected chi connectivity index (χ4v) is 5.28. The molecule has 0 spiro atoms. The van der Waals surface area contributed by atoms with Crippen LogP contribution in [0.2, 0.25) is 0 Å². The number of allylic oxidation sites excluding steroid dienone is 1. The van der Waals surface area contributed by atoms with Gasteiger partial charge in [-0.3, -0.25) is 0 Å². The maximum Gasteiger partial charge on any atom is 0.0934 e. The molecule has 0 aromatic carbocycles. The van der Waals surface area contributed by atoms with Gasteiger partial charge in [0.25, 0.3) is 0 Å². The first-order valence-electron chi connectivity index (χ1n) is 8.82. The molecule has 1 N–H and O–H groups in total. The summed E-state index contributed by atoms with van der Waals surface area (Å²) in [5, 5.41) is 10.3. The number of hydrogen-bond donors (Lipinski definition) is 1. The van der Waals surface area contributed by atoms with E-state index in [1.807, 2.05) is 6.26 Å². The third-order valence-electron chi connectivity index (χ3n) is 7.12. The second-order valence-electron chi connectivity index (χ2n) is 7.91. The zero-order valence-corrected chi connectivity index (χ0v) is 14.3. The highest BCUT2D eigenvalue weighted by Gasteiger charge is 2.54. The van der Waals surface area contributed by atoms with Crippen LogP contribution in [0.3, 0.4) is 0 Å². The highest BCUT2D eigenvalue weighted by Crippen LogP contribution is 2.61. The molecule has 122 valence electrons. The Hall–Kier alpha value is -1.02. The molecule has 2 aliphatic carbocycles. The van der Waals surface area contributed by atoms with Gasteiger partial charge in [-0.1, -0.05) is 25.5 Å². The van der Waals surface area contributed by atoms with Crippen molar-refractivity contribution in [3.8, 4) is 0 Å². The topological polar surface area (TPSA) is 33.4 Å². The van der Waals surface area contributed by atoms with Crippen LogP contribution in [0, 0.1) is 22.7 Å². The van der Waals surface area contributed by atoms with E-state index in [1.54, 1.807) is 6.26 Å². The van der Waals surface area contributed by atoms with Gasteiger partial charge in [0, 0.05) is 5.41 Å². The minimum absolute atomic E-state index is 0.0376. The average Bonchev–Trinajstić information content (AvgIpc) is 3.04. The first-order chi connectivity index (χ1) is 10.5. The maximum atomic E-state index is 10.3. The number of furan rings is 1. The van der Waals surface area contributed by atoms with Gasteiger partial charge in [-0.25, -0.2) is 0 Å². The van der Waals surface area contributed by atoms with Crippen molar-refractivity contribution >= 4 is 0 Å². The van der Waals surface area contributed by atoms with E-state index < -0.39 is 0 Å². The third-order valence-corrected chi connectivity index (χ3v) is 7.12. The van der Waals surface area contributed by atoms with Crippen LogP contribution in [0.4, 0.5) is 0 Å². The standard InChI is InChI=1S/C20H30O2/c1-15-7-11-20(14-21)16(2)5-4-6-18(20)19(15,3)10-8-17-9-12-22-13-17/h5,9,12-13,15,18,21H,4,6-8,10-11,14H2,1-3H3/t15-,18+,19-,20-/m0/s1. The summed E-state index contributed by atoms with van der Waals surface area (Å²) in [6.45, 7) is 7.46. The highest BCUT2D eigenvalue weighted by atomic mass is 16.3. The van der Waals surface area contributed by atoms with Crippen LogP contribution in [0.25, 0.3) is 0 Å². The van der Waals surface area contributed by atoms with Crippen molar-refractivity contribution in [2.24, 2.45) is 22.7 Å². The molecule has 1 aromatic heterocycles. The van der Waals surface area contributed by atoms with Crippen LogP contribution in [-0.2, 0) is 6.42 Å². The minimum Gasteiger partial charge on any atom is -0.472 e. The van der Waals surface area contributed by atoms with E-state index in [2.05, 4.69) is 32.9 Å². The molecule has 3 rings (SSSR count). The zero-order valence-electron chi connectivity index (χ0n) is 14.3. The van der Waals surface area contributed by atoms with E-state index in [9.17, 15) is 5.11 Å². The Morgan fingerprint density at radius 3 is 2.86 bits per heavy atom. The first kappa shape index (κ1) is 15.9. The lowest BCUT2D eigenvalue weighted by atomic mass is 9.46. The van der Waals surface area contributed by atoms with Gasteiger partial charge in [0.1, 0.15) is 0 Å². The second kappa shape index (κ2) is 5.88. The fourth-order valence-electron chi connectivity index (χ4n) is 5.28. The van der Waals surface area contributed by atoms with E-state index in [1.165, 1.54) is 36.8 Å². The summed E-state index contributed by atoms with van der Waals surface area (Å²) in [7, 11) is 0. The zero-order chi connectivity index (χ0) is 15.8. The van der Waals surface area contributed by atoms with Gasteiger partial charge in [-0.05, 0) is 74.3 Å². The molecule has 2 nitrogen and oxygen atoms in total. The Balaban J connectivity index is 1.88. The van der Waals surface area contributed by atoms with E-state index in [4.69, 9.17) is 4.42 Å². The second-order valence-corrected chi connectivity index (χ2v) is 7.91. The van der Waals surface area contributed by atoms with Gasteiger partial charge in [-0.2, -0.15) is 0 Å². The molecule has 2 heteroatoms. The van der Waals surface area contributed by atoms with Crippen molar-refractivity contribution < 1.29 is 9.52 Å². The Morgan fingerprint density at radius 2 is 2.18 bits per heavy atom. The van der Waals surface area contributed by atoms with Gasteiger partial charge in [-0.15, -0.1) is 0 Å². The number of fused-ring (bicyclic) bond motifs is 1. The average molecular weight is 302 g/mol. The molecular weight excluding hydrogens is 272 g/mol. The molecule has 1 saturated carbocycles. The quantitative estimate of drug-likeness (QED) is 0.795.